The van der Waals surface area contributed by atoms with Crippen LogP contribution in [-0.2, 0) is 11.3 Å². The Hall–Kier alpha value is -1.04. The zero-order valence-corrected chi connectivity index (χ0v) is 13.1. The molecule has 0 fully saturated rings. The Bertz CT molecular complexity index is 412. The van der Waals surface area contributed by atoms with Crippen LogP contribution in [0.2, 0.25) is 0 Å². The van der Waals surface area contributed by atoms with Crippen LogP contribution >= 0.6 is 15.9 Å². The van der Waals surface area contributed by atoms with Gasteiger partial charge in [-0.3, -0.25) is 4.68 Å². The molecule has 1 aromatic heterocycles. The molecule has 0 saturated carbocycles. The van der Waals surface area contributed by atoms with Gasteiger partial charge in [0.05, 0.1) is 23.3 Å². The van der Waals surface area contributed by atoms with E-state index < -0.39 is 5.60 Å². The van der Waals surface area contributed by atoms with Gasteiger partial charge in [0.2, 0.25) is 0 Å². The molecule has 5 nitrogen and oxygen atoms in total. The molecule has 0 aromatic carbocycles. The normalized spacial score (nSPS) is 13.2. The fraction of sp³-hybridized carbons (Fsp3) is 0.667. The van der Waals surface area contributed by atoms with Crippen LogP contribution in [0.15, 0.2) is 16.9 Å². The lowest BCUT2D eigenvalue weighted by Crippen LogP contribution is -2.41. The molecule has 0 aliphatic carbocycles. The van der Waals surface area contributed by atoms with Crippen LogP contribution in [0.5, 0.6) is 0 Å². The Morgan fingerprint density at radius 1 is 1.61 bits per heavy atom. The number of ether oxygens (including phenoxy) is 1. The number of aromatic nitrogens is 2. The van der Waals surface area contributed by atoms with Crippen molar-refractivity contribution in [3.63, 3.8) is 0 Å². The molecular weight excluding hydrogens is 298 g/mol. The highest BCUT2D eigenvalue weighted by molar-refractivity contribution is 9.10. The second-order valence-corrected chi connectivity index (χ2v) is 6.24. The summed E-state index contributed by atoms with van der Waals surface area (Å²) in [4.78, 5) is 13.4. The summed E-state index contributed by atoms with van der Waals surface area (Å²) in [5.74, 6) is 0. The maximum Gasteiger partial charge on any atom is 0.410 e. The predicted molar refractivity (Wildman–Crippen MR) is 73.4 cm³/mol. The summed E-state index contributed by atoms with van der Waals surface area (Å²) < 4.78 is 8.02. The summed E-state index contributed by atoms with van der Waals surface area (Å²) in [7, 11) is 1.73. The van der Waals surface area contributed by atoms with Crippen LogP contribution in [0.25, 0.3) is 0 Å². The number of likely N-dealkylation sites (N-methyl/N-ethyl adjacent to an activating group) is 1. The summed E-state index contributed by atoms with van der Waals surface area (Å²) in [6, 6.07) is 0.00616. The number of carbonyl (C=O) groups excluding carboxylic acids is 1. The minimum atomic E-state index is -0.472. The van der Waals surface area contributed by atoms with E-state index >= 15 is 0 Å². The van der Waals surface area contributed by atoms with Gasteiger partial charge in [-0.05, 0) is 43.6 Å². The molecule has 0 N–H and O–H groups in total. The van der Waals surface area contributed by atoms with Crippen LogP contribution in [0.3, 0.4) is 0 Å². The Morgan fingerprint density at radius 2 is 2.22 bits per heavy atom. The van der Waals surface area contributed by atoms with Gasteiger partial charge in [-0.15, -0.1) is 0 Å². The first kappa shape index (κ1) is 15.0. The van der Waals surface area contributed by atoms with Crippen molar-refractivity contribution in [2.45, 2.75) is 45.9 Å². The number of hydrogen-bond acceptors (Lipinski definition) is 3. The molecule has 1 atom stereocenters. The number of amides is 1. The standard InChI is InChI=1S/C12H20BrN3O2/c1-9(7-16-8-10(13)6-14-16)15(5)11(17)18-12(2,3)4/h6,8-9H,7H2,1-5H3/t9-/m1/s1. The van der Waals surface area contributed by atoms with Gasteiger partial charge in [-0.25, -0.2) is 4.79 Å². The summed E-state index contributed by atoms with van der Waals surface area (Å²) in [6.45, 7) is 8.15. The van der Waals surface area contributed by atoms with Gasteiger partial charge >= 0.3 is 6.09 Å². The molecule has 0 aliphatic rings. The highest BCUT2D eigenvalue weighted by atomic mass is 79.9. The number of halogens is 1. The first-order chi connectivity index (χ1) is 8.19. The van der Waals surface area contributed by atoms with Gasteiger partial charge in [0, 0.05) is 13.2 Å². The molecule has 1 aromatic rings. The number of rotatable bonds is 3. The number of carbonyl (C=O) groups is 1. The molecular formula is C12H20BrN3O2. The van der Waals surface area contributed by atoms with Crippen molar-refractivity contribution in [1.29, 1.82) is 0 Å². The van der Waals surface area contributed by atoms with Gasteiger partial charge in [0.25, 0.3) is 0 Å². The van der Waals surface area contributed by atoms with Crippen molar-refractivity contribution >= 4 is 22.0 Å². The molecule has 102 valence electrons. The Labute approximate surface area is 116 Å². The average molecular weight is 318 g/mol. The molecule has 0 radical (unpaired) electrons. The highest BCUT2D eigenvalue weighted by Crippen LogP contribution is 2.12. The zero-order valence-electron chi connectivity index (χ0n) is 11.5. The van der Waals surface area contributed by atoms with Gasteiger partial charge in [-0.1, -0.05) is 0 Å². The SMILES string of the molecule is C[C@H](Cn1cc(Br)cn1)N(C)C(=O)OC(C)(C)C. The first-order valence-electron chi connectivity index (χ1n) is 5.83. The van der Waals surface area contributed by atoms with Crippen LogP contribution in [0, 0.1) is 0 Å². The van der Waals surface area contributed by atoms with Crippen molar-refractivity contribution in [3.05, 3.63) is 16.9 Å². The van der Waals surface area contributed by atoms with Crippen LogP contribution in [-0.4, -0.2) is 39.5 Å². The van der Waals surface area contributed by atoms with E-state index in [9.17, 15) is 4.79 Å². The summed E-state index contributed by atoms with van der Waals surface area (Å²) in [5, 5.41) is 4.16. The van der Waals surface area contributed by atoms with Crippen molar-refractivity contribution in [2.24, 2.45) is 0 Å². The number of hydrogen-bond donors (Lipinski definition) is 0. The van der Waals surface area contributed by atoms with Crippen LogP contribution in [0.1, 0.15) is 27.7 Å². The van der Waals surface area contributed by atoms with Crippen molar-refractivity contribution in [1.82, 2.24) is 14.7 Å². The Balaban J connectivity index is 2.55. The molecule has 18 heavy (non-hydrogen) atoms. The molecule has 0 unspecified atom stereocenters. The van der Waals surface area contributed by atoms with E-state index in [0.717, 1.165) is 4.47 Å². The van der Waals surface area contributed by atoms with E-state index in [0.29, 0.717) is 6.54 Å². The van der Waals surface area contributed by atoms with Gasteiger partial charge in [-0.2, -0.15) is 5.10 Å². The minimum Gasteiger partial charge on any atom is -0.444 e. The van der Waals surface area contributed by atoms with Crippen molar-refractivity contribution < 1.29 is 9.53 Å². The first-order valence-corrected chi connectivity index (χ1v) is 6.62. The average Bonchev–Trinajstić information content (AvgIpc) is 2.60. The third kappa shape index (κ3) is 4.68. The maximum atomic E-state index is 11.9. The zero-order chi connectivity index (χ0) is 13.9. The quantitative estimate of drug-likeness (QED) is 0.861. The molecule has 0 saturated heterocycles. The van der Waals surface area contributed by atoms with E-state index in [1.165, 1.54) is 0 Å². The lowest BCUT2D eigenvalue weighted by atomic mass is 10.2. The third-order valence-corrected chi connectivity index (χ3v) is 2.81. The van der Waals surface area contributed by atoms with E-state index in [-0.39, 0.29) is 12.1 Å². The smallest absolute Gasteiger partial charge is 0.410 e. The summed E-state index contributed by atoms with van der Waals surface area (Å²) in [5.41, 5.74) is -0.472. The number of nitrogens with zero attached hydrogens (tertiary/aromatic N) is 3. The fourth-order valence-electron chi connectivity index (χ4n) is 1.35. The van der Waals surface area contributed by atoms with Crippen molar-refractivity contribution in [2.75, 3.05) is 7.05 Å². The van der Waals surface area contributed by atoms with Gasteiger partial charge in [0.15, 0.2) is 0 Å². The van der Waals surface area contributed by atoms with Gasteiger partial charge < -0.3 is 9.64 Å². The molecule has 0 spiro atoms. The largest absolute Gasteiger partial charge is 0.444 e. The van der Waals surface area contributed by atoms with E-state index in [1.807, 2.05) is 33.9 Å². The van der Waals surface area contributed by atoms with Gasteiger partial charge in [0.1, 0.15) is 5.60 Å². The third-order valence-electron chi connectivity index (χ3n) is 2.40. The molecule has 1 rings (SSSR count). The summed E-state index contributed by atoms with van der Waals surface area (Å²) in [6.07, 6.45) is 3.28. The second-order valence-electron chi connectivity index (χ2n) is 5.32. The van der Waals surface area contributed by atoms with Crippen molar-refractivity contribution in [3.8, 4) is 0 Å². The summed E-state index contributed by atoms with van der Waals surface area (Å²) >= 11 is 3.34. The van der Waals surface area contributed by atoms with E-state index in [2.05, 4.69) is 21.0 Å². The topological polar surface area (TPSA) is 47.4 Å². The molecule has 1 heterocycles. The highest BCUT2D eigenvalue weighted by Gasteiger charge is 2.23. The Kier molecular flexibility index (Phi) is 4.78. The second kappa shape index (κ2) is 5.73. The lowest BCUT2D eigenvalue weighted by molar-refractivity contribution is 0.0220. The Morgan fingerprint density at radius 3 is 2.67 bits per heavy atom. The molecule has 0 bridgehead atoms. The fourth-order valence-corrected chi connectivity index (χ4v) is 1.67. The van der Waals surface area contributed by atoms with E-state index in [4.69, 9.17) is 4.74 Å². The minimum absolute atomic E-state index is 0.00616. The maximum absolute atomic E-state index is 11.9. The molecule has 1 amide bonds. The lowest BCUT2D eigenvalue weighted by Gasteiger charge is -2.28. The predicted octanol–water partition coefficient (Wildman–Crippen LogP) is 2.90. The van der Waals surface area contributed by atoms with E-state index in [1.54, 1.807) is 22.8 Å². The van der Waals surface area contributed by atoms with Crippen LogP contribution in [0.4, 0.5) is 4.79 Å². The van der Waals surface area contributed by atoms with Crippen LogP contribution < -0.4 is 0 Å². The monoisotopic (exact) mass is 317 g/mol. The molecule has 0 aliphatic heterocycles. The molecule has 6 heteroatoms.